The van der Waals surface area contributed by atoms with Crippen molar-refractivity contribution >= 4 is 16.8 Å². The second kappa shape index (κ2) is 6.32. The molecule has 1 heterocycles. The Kier molecular flexibility index (Phi) is 4.07. The van der Waals surface area contributed by atoms with Crippen LogP contribution in [0, 0.1) is 17.1 Å². The van der Waals surface area contributed by atoms with E-state index in [1.54, 1.807) is 22.9 Å². The van der Waals surface area contributed by atoms with Gasteiger partial charge >= 0.3 is 0 Å². The lowest BCUT2D eigenvalue weighted by Gasteiger charge is -2.07. The van der Waals surface area contributed by atoms with Gasteiger partial charge in [0.05, 0.1) is 5.56 Å². The Morgan fingerprint density at radius 1 is 1.17 bits per heavy atom. The summed E-state index contributed by atoms with van der Waals surface area (Å²) in [6.07, 6.45) is 1.68. The SMILES string of the molecule is N#Cc1cn(CC(=O)NCc2ccc(F)cc2)c2ccccc12. The Morgan fingerprint density at radius 2 is 1.91 bits per heavy atom. The smallest absolute Gasteiger partial charge is 0.240 e. The molecule has 0 spiro atoms. The molecule has 3 rings (SSSR count). The molecule has 0 atom stereocenters. The molecule has 0 unspecified atom stereocenters. The molecule has 2 aromatic carbocycles. The van der Waals surface area contributed by atoms with Crippen molar-refractivity contribution in [3.8, 4) is 6.07 Å². The number of rotatable bonds is 4. The molecule has 5 heteroatoms. The fourth-order valence-corrected chi connectivity index (χ4v) is 2.48. The number of benzene rings is 2. The lowest BCUT2D eigenvalue weighted by Crippen LogP contribution is -2.26. The molecule has 0 saturated carbocycles. The fraction of sp³-hybridized carbons (Fsp3) is 0.111. The van der Waals surface area contributed by atoms with Crippen molar-refractivity contribution < 1.29 is 9.18 Å². The van der Waals surface area contributed by atoms with Gasteiger partial charge in [-0.15, -0.1) is 0 Å². The maximum absolute atomic E-state index is 12.8. The summed E-state index contributed by atoms with van der Waals surface area (Å²) in [6.45, 7) is 0.465. The first-order valence-electron chi connectivity index (χ1n) is 7.16. The lowest BCUT2D eigenvalue weighted by atomic mass is 10.2. The van der Waals surface area contributed by atoms with Crippen molar-refractivity contribution in [2.24, 2.45) is 0 Å². The van der Waals surface area contributed by atoms with Crippen LogP contribution >= 0.6 is 0 Å². The van der Waals surface area contributed by atoms with Gasteiger partial charge in [0.25, 0.3) is 0 Å². The molecule has 4 nitrogen and oxygen atoms in total. The van der Waals surface area contributed by atoms with Gasteiger partial charge in [0.1, 0.15) is 18.4 Å². The van der Waals surface area contributed by atoms with Gasteiger partial charge in [0, 0.05) is 23.6 Å². The van der Waals surface area contributed by atoms with Gasteiger partial charge in [-0.2, -0.15) is 5.26 Å². The third kappa shape index (κ3) is 3.22. The molecule has 1 N–H and O–H groups in total. The first-order valence-corrected chi connectivity index (χ1v) is 7.16. The van der Waals surface area contributed by atoms with E-state index in [2.05, 4.69) is 11.4 Å². The average Bonchev–Trinajstić information content (AvgIpc) is 2.92. The number of amides is 1. The highest BCUT2D eigenvalue weighted by atomic mass is 19.1. The van der Waals surface area contributed by atoms with Crippen molar-refractivity contribution in [3.63, 3.8) is 0 Å². The van der Waals surface area contributed by atoms with E-state index in [9.17, 15) is 9.18 Å². The van der Waals surface area contributed by atoms with E-state index in [1.165, 1.54) is 12.1 Å². The minimum absolute atomic E-state index is 0.128. The molecule has 3 aromatic rings. The zero-order valence-corrected chi connectivity index (χ0v) is 12.3. The predicted molar refractivity (Wildman–Crippen MR) is 84.9 cm³/mol. The Morgan fingerprint density at radius 3 is 2.65 bits per heavy atom. The summed E-state index contributed by atoms with van der Waals surface area (Å²) in [7, 11) is 0. The normalized spacial score (nSPS) is 10.4. The molecule has 1 aromatic heterocycles. The van der Waals surface area contributed by atoms with E-state index in [-0.39, 0.29) is 18.3 Å². The molecule has 114 valence electrons. The third-order valence-corrected chi connectivity index (χ3v) is 3.63. The summed E-state index contributed by atoms with van der Waals surface area (Å²) < 4.78 is 14.6. The minimum atomic E-state index is -0.303. The third-order valence-electron chi connectivity index (χ3n) is 3.63. The number of carbonyl (C=O) groups excluding carboxylic acids is 1. The van der Waals surface area contributed by atoms with E-state index in [1.807, 2.05) is 24.3 Å². The van der Waals surface area contributed by atoms with Crippen molar-refractivity contribution in [3.05, 3.63) is 71.7 Å². The standard InChI is InChI=1S/C18H14FN3O/c19-15-7-5-13(6-8-15)10-21-18(23)12-22-11-14(9-20)16-3-1-2-4-17(16)22/h1-8,11H,10,12H2,(H,21,23). The Balaban J connectivity index is 1.71. The molecule has 0 aliphatic carbocycles. The average molecular weight is 307 g/mol. The highest BCUT2D eigenvalue weighted by molar-refractivity contribution is 5.88. The van der Waals surface area contributed by atoms with E-state index in [4.69, 9.17) is 5.26 Å². The highest BCUT2D eigenvalue weighted by Crippen LogP contribution is 2.20. The summed E-state index contributed by atoms with van der Waals surface area (Å²) in [6, 6.07) is 15.6. The van der Waals surface area contributed by atoms with Gasteiger partial charge in [0.2, 0.25) is 5.91 Å². The second-order valence-corrected chi connectivity index (χ2v) is 5.20. The molecule has 1 amide bonds. The van der Waals surface area contributed by atoms with Crippen LogP contribution in [0.5, 0.6) is 0 Å². The summed E-state index contributed by atoms with van der Waals surface area (Å²) >= 11 is 0. The topological polar surface area (TPSA) is 57.8 Å². The van der Waals surface area contributed by atoms with Crippen LogP contribution in [-0.2, 0) is 17.9 Å². The van der Waals surface area contributed by atoms with E-state index < -0.39 is 0 Å². The van der Waals surface area contributed by atoms with Gasteiger partial charge in [-0.05, 0) is 23.8 Å². The number of para-hydroxylation sites is 1. The van der Waals surface area contributed by atoms with Crippen molar-refractivity contribution in [1.29, 1.82) is 5.26 Å². The zero-order chi connectivity index (χ0) is 16.2. The first-order chi connectivity index (χ1) is 11.2. The number of carbonyl (C=O) groups is 1. The van der Waals surface area contributed by atoms with Crippen LogP contribution in [-0.4, -0.2) is 10.5 Å². The molecular formula is C18H14FN3O. The molecule has 0 saturated heterocycles. The maximum Gasteiger partial charge on any atom is 0.240 e. The highest BCUT2D eigenvalue weighted by Gasteiger charge is 2.10. The molecule has 0 radical (unpaired) electrons. The van der Waals surface area contributed by atoms with E-state index in [0.29, 0.717) is 12.1 Å². The first kappa shape index (κ1) is 14.8. The number of nitrogens with zero attached hydrogens (tertiary/aromatic N) is 2. The number of hydrogen-bond acceptors (Lipinski definition) is 2. The Bertz CT molecular complexity index is 891. The van der Waals surface area contributed by atoms with E-state index in [0.717, 1.165) is 16.5 Å². The predicted octanol–water partition coefficient (Wildman–Crippen LogP) is 2.97. The molecule has 0 fully saturated rings. The number of nitriles is 1. The lowest BCUT2D eigenvalue weighted by molar-refractivity contribution is -0.121. The van der Waals surface area contributed by atoms with Crippen LogP contribution in [0.15, 0.2) is 54.7 Å². The number of aromatic nitrogens is 1. The quantitative estimate of drug-likeness (QED) is 0.805. The van der Waals surface area contributed by atoms with Gasteiger partial charge in [-0.1, -0.05) is 30.3 Å². The monoisotopic (exact) mass is 307 g/mol. The number of halogens is 1. The van der Waals surface area contributed by atoms with E-state index >= 15 is 0 Å². The summed E-state index contributed by atoms with van der Waals surface area (Å²) in [4.78, 5) is 12.1. The van der Waals surface area contributed by atoms with Crippen LogP contribution in [0.2, 0.25) is 0 Å². The van der Waals surface area contributed by atoms with Crippen molar-refractivity contribution in [2.45, 2.75) is 13.1 Å². The van der Waals surface area contributed by atoms with Gasteiger partial charge in [-0.25, -0.2) is 4.39 Å². The summed E-state index contributed by atoms with van der Waals surface area (Å²) in [5, 5.41) is 12.8. The van der Waals surface area contributed by atoms with Crippen molar-refractivity contribution in [2.75, 3.05) is 0 Å². The molecule has 23 heavy (non-hydrogen) atoms. The minimum Gasteiger partial charge on any atom is -0.350 e. The summed E-state index contributed by atoms with van der Waals surface area (Å²) in [5.41, 5.74) is 2.22. The van der Waals surface area contributed by atoms with Crippen LogP contribution < -0.4 is 5.32 Å². The second-order valence-electron chi connectivity index (χ2n) is 5.20. The summed E-state index contributed by atoms with van der Waals surface area (Å²) in [5.74, 6) is -0.470. The van der Waals surface area contributed by atoms with Gasteiger partial charge in [-0.3, -0.25) is 4.79 Å². The molecule has 0 aliphatic rings. The Labute approximate surface area is 132 Å². The van der Waals surface area contributed by atoms with Crippen LogP contribution in [0.3, 0.4) is 0 Å². The molecular weight excluding hydrogens is 293 g/mol. The van der Waals surface area contributed by atoms with Gasteiger partial charge in [0.15, 0.2) is 0 Å². The van der Waals surface area contributed by atoms with Crippen LogP contribution in [0.25, 0.3) is 10.9 Å². The number of nitrogens with one attached hydrogen (secondary N) is 1. The molecule has 0 bridgehead atoms. The zero-order valence-electron chi connectivity index (χ0n) is 12.3. The van der Waals surface area contributed by atoms with Crippen LogP contribution in [0.4, 0.5) is 4.39 Å². The number of fused-ring (bicyclic) bond motifs is 1. The maximum atomic E-state index is 12.8. The largest absolute Gasteiger partial charge is 0.350 e. The Hall–Kier alpha value is -3.13. The molecule has 0 aliphatic heterocycles. The van der Waals surface area contributed by atoms with Crippen molar-refractivity contribution in [1.82, 2.24) is 9.88 Å². The van der Waals surface area contributed by atoms with Crippen LogP contribution in [0.1, 0.15) is 11.1 Å². The fourth-order valence-electron chi connectivity index (χ4n) is 2.48. The number of hydrogen-bond donors (Lipinski definition) is 1. The van der Waals surface area contributed by atoms with Gasteiger partial charge < -0.3 is 9.88 Å².